The van der Waals surface area contributed by atoms with Crippen LogP contribution in [0.5, 0.6) is 11.5 Å². The maximum Gasteiger partial charge on any atom is 0.330 e. The normalized spacial score (nSPS) is 12.2. The van der Waals surface area contributed by atoms with Crippen LogP contribution in [0.4, 0.5) is 0 Å². The lowest BCUT2D eigenvalue weighted by Gasteiger charge is -2.33. The number of ether oxygens (including phenoxy) is 3. The van der Waals surface area contributed by atoms with Crippen molar-refractivity contribution in [2.45, 2.75) is 39.8 Å². The summed E-state index contributed by atoms with van der Waals surface area (Å²) in [6, 6.07) is 5.20. The Balaban J connectivity index is 3.28. The summed E-state index contributed by atoms with van der Waals surface area (Å²) in [5, 5.41) is 0. The Morgan fingerprint density at radius 3 is 2.50 bits per heavy atom. The minimum absolute atomic E-state index is 0.0711. The van der Waals surface area contributed by atoms with Gasteiger partial charge < -0.3 is 19.1 Å². The summed E-state index contributed by atoms with van der Waals surface area (Å²) in [5.41, 5.74) is 0.842. The van der Waals surface area contributed by atoms with E-state index < -0.39 is 5.97 Å². The van der Waals surface area contributed by atoms with E-state index in [9.17, 15) is 9.59 Å². The summed E-state index contributed by atoms with van der Waals surface area (Å²) >= 11 is 0. The Bertz CT molecular complexity index is 767. The Hall–Kier alpha value is -3.02. The molecule has 1 atom stereocenters. The first-order valence-corrected chi connectivity index (χ1v) is 10.0. The molecule has 0 radical (unpaired) electrons. The van der Waals surface area contributed by atoms with Gasteiger partial charge in [0.2, 0.25) is 5.91 Å². The second-order valence-electron chi connectivity index (χ2n) is 6.91. The molecule has 0 unspecified atom stereocenters. The van der Waals surface area contributed by atoms with Gasteiger partial charge in [-0.1, -0.05) is 44.7 Å². The average Bonchev–Trinajstić information content (AvgIpc) is 2.73. The van der Waals surface area contributed by atoms with Gasteiger partial charge in [-0.3, -0.25) is 4.79 Å². The Morgan fingerprint density at radius 2 is 1.93 bits per heavy atom. The van der Waals surface area contributed by atoms with Crippen molar-refractivity contribution in [3.63, 3.8) is 0 Å². The maximum absolute atomic E-state index is 13.1. The quantitative estimate of drug-likeness (QED) is 0.289. The van der Waals surface area contributed by atoms with Crippen LogP contribution in [0.2, 0.25) is 0 Å². The van der Waals surface area contributed by atoms with Gasteiger partial charge in [0, 0.05) is 30.7 Å². The van der Waals surface area contributed by atoms with Crippen molar-refractivity contribution >= 4 is 11.9 Å². The largest absolute Gasteiger partial charge is 0.497 e. The van der Waals surface area contributed by atoms with Crippen LogP contribution in [-0.2, 0) is 20.9 Å². The van der Waals surface area contributed by atoms with E-state index in [4.69, 9.17) is 14.2 Å². The number of esters is 1. The van der Waals surface area contributed by atoms with Gasteiger partial charge in [0.05, 0.1) is 26.9 Å². The number of hydrogen-bond donors (Lipinski definition) is 0. The molecule has 0 aliphatic carbocycles. The number of benzene rings is 1. The molecule has 6 nitrogen and oxygen atoms in total. The summed E-state index contributed by atoms with van der Waals surface area (Å²) in [6.45, 7) is 10.0. The number of nitrogens with zero attached hydrogens (tertiary/aromatic N) is 1. The topological polar surface area (TPSA) is 65.1 Å². The first-order valence-electron chi connectivity index (χ1n) is 10.0. The van der Waals surface area contributed by atoms with Gasteiger partial charge in [0.1, 0.15) is 11.5 Å². The van der Waals surface area contributed by atoms with Crippen molar-refractivity contribution in [3.8, 4) is 11.5 Å². The molecule has 0 saturated carbocycles. The lowest BCUT2D eigenvalue weighted by molar-refractivity contribution is -0.137. The lowest BCUT2D eigenvalue weighted by Crippen LogP contribution is -2.41. The fourth-order valence-electron chi connectivity index (χ4n) is 2.96. The molecule has 1 amide bonds. The third-order valence-electron chi connectivity index (χ3n) is 4.48. The van der Waals surface area contributed by atoms with E-state index in [1.165, 1.54) is 6.08 Å². The zero-order valence-electron chi connectivity index (χ0n) is 18.6. The number of amides is 1. The van der Waals surface area contributed by atoms with Crippen molar-refractivity contribution < 1.29 is 23.8 Å². The van der Waals surface area contributed by atoms with Crippen LogP contribution in [0.25, 0.3) is 0 Å². The molecule has 0 saturated heterocycles. The van der Waals surface area contributed by atoms with Gasteiger partial charge >= 0.3 is 5.97 Å². The molecule has 1 rings (SSSR count). The van der Waals surface area contributed by atoms with Gasteiger partial charge in [-0.05, 0) is 25.0 Å². The Morgan fingerprint density at radius 1 is 1.20 bits per heavy atom. The Labute approximate surface area is 179 Å². The van der Waals surface area contributed by atoms with Crippen LogP contribution < -0.4 is 9.47 Å². The zero-order chi connectivity index (χ0) is 22.5. The van der Waals surface area contributed by atoms with Crippen molar-refractivity contribution in [2.24, 2.45) is 5.92 Å². The molecule has 30 heavy (non-hydrogen) atoms. The van der Waals surface area contributed by atoms with E-state index >= 15 is 0 Å². The fraction of sp³-hybridized carbons (Fsp3) is 0.417. The molecule has 0 bridgehead atoms. The molecule has 1 aromatic carbocycles. The smallest absolute Gasteiger partial charge is 0.330 e. The SMILES string of the molecule is C=C/C=C/CC(=O)N(Cc1ccc(OC)cc1OC)[C@H](/C=C/C(=O)OCC)C(C)C. The maximum atomic E-state index is 13.1. The molecule has 0 aliphatic heterocycles. The number of carbonyl (C=O) groups is 2. The van der Waals surface area contributed by atoms with Crippen molar-refractivity contribution in [1.29, 1.82) is 0 Å². The predicted octanol–water partition coefficient (Wildman–Crippen LogP) is 4.31. The summed E-state index contributed by atoms with van der Waals surface area (Å²) < 4.78 is 15.7. The molecule has 0 N–H and O–H groups in total. The lowest BCUT2D eigenvalue weighted by atomic mass is 10.00. The molecule has 0 aromatic heterocycles. The minimum atomic E-state index is -0.427. The van der Waals surface area contributed by atoms with E-state index in [-0.39, 0.29) is 24.3 Å². The molecule has 0 fully saturated rings. The average molecular weight is 416 g/mol. The predicted molar refractivity (Wildman–Crippen MR) is 118 cm³/mol. The first kappa shape index (κ1) is 25.0. The van der Waals surface area contributed by atoms with Crippen molar-refractivity contribution in [1.82, 2.24) is 4.90 Å². The van der Waals surface area contributed by atoms with Gasteiger partial charge in [-0.2, -0.15) is 0 Å². The van der Waals surface area contributed by atoms with Crippen LogP contribution >= 0.6 is 0 Å². The molecule has 6 heteroatoms. The van der Waals surface area contributed by atoms with Crippen LogP contribution in [-0.4, -0.2) is 43.6 Å². The highest BCUT2D eigenvalue weighted by atomic mass is 16.5. The zero-order valence-corrected chi connectivity index (χ0v) is 18.6. The highest BCUT2D eigenvalue weighted by molar-refractivity contribution is 5.82. The third-order valence-corrected chi connectivity index (χ3v) is 4.48. The number of allylic oxidation sites excluding steroid dienone is 2. The standard InChI is InChI=1S/C24H33NO5/c1-7-9-10-11-23(26)25(21(18(3)4)14-15-24(27)30-8-2)17-19-12-13-20(28-5)16-22(19)29-6/h7,9-10,12-16,18,21H,1,8,11,17H2,2-6H3/b10-9+,15-14+/t21-/m1/s1. The van der Waals surface area contributed by atoms with E-state index in [2.05, 4.69) is 6.58 Å². The highest BCUT2D eigenvalue weighted by Gasteiger charge is 2.25. The summed E-state index contributed by atoms with van der Waals surface area (Å²) in [4.78, 5) is 26.7. The highest BCUT2D eigenvalue weighted by Crippen LogP contribution is 2.28. The number of hydrogen-bond acceptors (Lipinski definition) is 5. The summed E-state index contributed by atoms with van der Waals surface area (Å²) in [7, 11) is 3.17. The molecule has 0 heterocycles. The van der Waals surface area contributed by atoms with Crippen LogP contribution in [0.15, 0.2) is 55.2 Å². The molecular formula is C24H33NO5. The minimum Gasteiger partial charge on any atom is -0.497 e. The molecule has 164 valence electrons. The van der Waals surface area contributed by atoms with E-state index in [0.29, 0.717) is 24.7 Å². The fourth-order valence-corrected chi connectivity index (χ4v) is 2.96. The van der Waals surface area contributed by atoms with Crippen LogP contribution in [0.3, 0.4) is 0 Å². The Kier molecular flexibility index (Phi) is 11.0. The van der Waals surface area contributed by atoms with Crippen molar-refractivity contribution in [3.05, 3.63) is 60.7 Å². The molecule has 0 aliphatic rings. The third kappa shape index (κ3) is 7.78. The second-order valence-corrected chi connectivity index (χ2v) is 6.91. The number of methoxy groups -OCH3 is 2. The van der Waals surface area contributed by atoms with Crippen molar-refractivity contribution in [2.75, 3.05) is 20.8 Å². The number of rotatable bonds is 12. The first-order chi connectivity index (χ1) is 14.4. The molecular weight excluding hydrogens is 382 g/mol. The molecule has 1 aromatic rings. The van der Waals surface area contributed by atoms with E-state index in [1.54, 1.807) is 56.4 Å². The van der Waals surface area contributed by atoms with Gasteiger partial charge in [-0.15, -0.1) is 0 Å². The van der Waals surface area contributed by atoms with Gasteiger partial charge in [0.25, 0.3) is 0 Å². The second kappa shape index (κ2) is 13.2. The monoisotopic (exact) mass is 415 g/mol. The van der Waals surface area contributed by atoms with E-state index in [1.807, 2.05) is 26.0 Å². The van der Waals surface area contributed by atoms with Crippen LogP contribution in [0, 0.1) is 5.92 Å². The van der Waals surface area contributed by atoms with Gasteiger partial charge in [0.15, 0.2) is 0 Å². The summed E-state index contributed by atoms with van der Waals surface area (Å²) in [6.07, 6.45) is 8.47. The van der Waals surface area contributed by atoms with Crippen LogP contribution in [0.1, 0.15) is 32.8 Å². The molecule has 0 spiro atoms. The number of carbonyl (C=O) groups excluding carboxylic acids is 2. The van der Waals surface area contributed by atoms with Gasteiger partial charge in [-0.25, -0.2) is 4.79 Å². The summed E-state index contributed by atoms with van der Waals surface area (Å²) in [5.74, 6) is 0.880. The van der Waals surface area contributed by atoms with E-state index in [0.717, 1.165) is 5.56 Å².